The molecule has 0 bridgehead atoms. The van der Waals surface area contributed by atoms with Gasteiger partial charge in [-0.25, -0.2) is 4.68 Å². The lowest BCUT2D eigenvalue weighted by atomic mass is 9.90. The van der Waals surface area contributed by atoms with Gasteiger partial charge in [-0.15, -0.1) is 0 Å². The third-order valence-corrected chi connectivity index (χ3v) is 4.32. The van der Waals surface area contributed by atoms with Crippen LogP contribution in [-0.4, -0.2) is 51.4 Å². The van der Waals surface area contributed by atoms with Crippen molar-refractivity contribution < 1.29 is 9.53 Å². The SMILES string of the molecule is Cn1nnnc1N1CCC([C@@H]2CC[C@H](C(N)=O)O2)CC1. The van der Waals surface area contributed by atoms with Crippen LogP contribution in [0.2, 0.25) is 0 Å². The quantitative estimate of drug-likeness (QED) is 0.798. The number of amides is 1. The van der Waals surface area contributed by atoms with Gasteiger partial charge in [0.1, 0.15) is 6.10 Å². The van der Waals surface area contributed by atoms with E-state index in [0.29, 0.717) is 5.92 Å². The average Bonchev–Trinajstić information content (AvgIpc) is 3.07. The normalized spacial score (nSPS) is 27.9. The van der Waals surface area contributed by atoms with Gasteiger partial charge >= 0.3 is 0 Å². The summed E-state index contributed by atoms with van der Waals surface area (Å²) in [6.07, 6.45) is 3.54. The van der Waals surface area contributed by atoms with Gasteiger partial charge in [-0.1, -0.05) is 5.10 Å². The summed E-state index contributed by atoms with van der Waals surface area (Å²) in [5.74, 6) is 0.970. The molecular formula is C12H20N6O2. The van der Waals surface area contributed by atoms with Crippen molar-refractivity contribution in [3.63, 3.8) is 0 Å². The number of hydrogen-bond donors (Lipinski definition) is 1. The highest BCUT2D eigenvalue weighted by Gasteiger charge is 2.36. The molecule has 2 aliphatic rings. The molecule has 0 radical (unpaired) electrons. The van der Waals surface area contributed by atoms with Gasteiger partial charge in [0.15, 0.2) is 0 Å². The fourth-order valence-electron chi connectivity index (χ4n) is 3.18. The number of nitrogens with zero attached hydrogens (tertiary/aromatic N) is 5. The molecule has 0 saturated carbocycles. The minimum absolute atomic E-state index is 0.173. The Morgan fingerprint density at radius 2 is 2.05 bits per heavy atom. The van der Waals surface area contributed by atoms with E-state index >= 15 is 0 Å². The molecule has 20 heavy (non-hydrogen) atoms. The maximum atomic E-state index is 11.1. The van der Waals surface area contributed by atoms with Crippen LogP contribution in [0.25, 0.3) is 0 Å². The van der Waals surface area contributed by atoms with Crippen molar-refractivity contribution in [3.8, 4) is 0 Å². The van der Waals surface area contributed by atoms with Crippen LogP contribution in [0.3, 0.4) is 0 Å². The summed E-state index contributed by atoms with van der Waals surface area (Å²) < 4.78 is 7.46. The number of anilines is 1. The van der Waals surface area contributed by atoms with E-state index in [0.717, 1.165) is 44.7 Å². The van der Waals surface area contributed by atoms with E-state index in [-0.39, 0.29) is 18.1 Å². The number of hydrogen-bond acceptors (Lipinski definition) is 6. The van der Waals surface area contributed by atoms with Gasteiger partial charge in [0, 0.05) is 20.1 Å². The Bertz CT molecular complexity index is 482. The Morgan fingerprint density at radius 1 is 1.30 bits per heavy atom. The van der Waals surface area contributed by atoms with Gasteiger partial charge in [0.25, 0.3) is 0 Å². The predicted molar refractivity (Wildman–Crippen MR) is 70.8 cm³/mol. The summed E-state index contributed by atoms with van der Waals surface area (Å²) in [5, 5.41) is 11.6. The molecule has 1 amide bonds. The zero-order valence-electron chi connectivity index (χ0n) is 11.6. The van der Waals surface area contributed by atoms with Crippen LogP contribution in [0.4, 0.5) is 5.95 Å². The lowest BCUT2D eigenvalue weighted by Gasteiger charge is -2.34. The molecule has 8 nitrogen and oxygen atoms in total. The molecule has 0 unspecified atom stereocenters. The Kier molecular flexibility index (Phi) is 3.56. The molecule has 8 heteroatoms. The van der Waals surface area contributed by atoms with Crippen LogP contribution in [-0.2, 0) is 16.6 Å². The molecule has 1 aromatic heterocycles. The fourth-order valence-corrected chi connectivity index (χ4v) is 3.18. The minimum atomic E-state index is -0.388. The largest absolute Gasteiger partial charge is 0.367 e. The highest BCUT2D eigenvalue weighted by Crippen LogP contribution is 2.32. The number of primary amides is 1. The average molecular weight is 280 g/mol. The van der Waals surface area contributed by atoms with E-state index in [4.69, 9.17) is 10.5 Å². The maximum Gasteiger partial charge on any atom is 0.246 e. The van der Waals surface area contributed by atoms with Crippen molar-refractivity contribution in [1.29, 1.82) is 0 Å². The van der Waals surface area contributed by atoms with E-state index < -0.39 is 0 Å². The van der Waals surface area contributed by atoms with Crippen LogP contribution >= 0.6 is 0 Å². The third-order valence-electron chi connectivity index (χ3n) is 4.32. The number of ether oxygens (including phenoxy) is 1. The standard InChI is InChI=1S/C12H20N6O2/c1-17-12(14-15-16-17)18-6-4-8(5-7-18)9-2-3-10(20-9)11(13)19/h8-10H,2-7H2,1H3,(H2,13,19)/t9-,10+/m0/s1. The monoisotopic (exact) mass is 280 g/mol. The van der Waals surface area contributed by atoms with Crippen LogP contribution in [0.5, 0.6) is 0 Å². The van der Waals surface area contributed by atoms with Gasteiger partial charge in [0.05, 0.1) is 6.10 Å². The highest BCUT2D eigenvalue weighted by atomic mass is 16.5. The summed E-state index contributed by atoms with van der Waals surface area (Å²) in [6.45, 7) is 1.83. The maximum absolute atomic E-state index is 11.1. The van der Waals surface area contributed by atoms with Crippen molar-refractivity contribution in [1.82, 2.24) is 20.2 Å². The van der Waals surface area contributed by atoms with Crippen molar-refractivity contribution in [3.05, 3.63) is 0 Å². The number of piperidine rings is 1. The predicted octanol–water partition coefficient (Wildman–Crippen LogP) is -0.541. The summed E-state index contributed by atoms with van der Waals surface area (Å²) in [5.41, 5.74) is 5.30. The summed E-state index contributed by atoms with van der Waals surface area (Å²) >= 11 is 0. The van der Waals surface area contributed by atoms with Gasteiger partial charge < -0.3 is 15.4 Å². The van der Waals surface area contributed by atoms with Crippen LogP contribution in [0.15, 0.2) is 0 Å². The second-order valence-electron chi connectivity index (χ2n) is 5.57. The van der Waals surface area contributed by atoms with Crippen LogP contribution < -0.4 is 10.6 Å². The number of tetrazole rings is 1. The molecule has 2 fully saturated rings. The Hall–Kier alpha value is -1.70. The van der Waals surface area contributed by atoms with Gasteiger partial charge in [-0.05, 0) is 42.0 Å². The molecule has 3 heterocycles. The molecule has 3 rings (SSSR count). The summed E-state index contributed by atoms with van der Waals surface area (Å²) in [4.78, 5) is 13.3. The minimum Gasteiger partial charge on any atom is -0.367 e. The lowest BCUT2D eigenvalue weighted by Crippen LogP contribution is -2.39. The summed E-state index contributed by atoms with van der Waals surface area (Å²) in [7, 11) is 1.85. The number of aryl methyl sites for hydroxylation is 1. The number of rotatable bonds is 3. The first kappa shape index (κ1) is 13.3. The second kappa shape index (κ2) is 5.35. The molecule has 0 aliphatic carbocycles. The van der Waals surface area contributed by atoms with Crippen molar-refractivity contribution in [2.45, 2.75) is 37.9 Å². The Balaban J connectivity index is 1.54. The van der Waals surface area contributed by atoms with E-state index in [2.05, 4.69) is 20.4 Å². The second-order valence-corrected chi connectivity index (χ2v) is 5.57. The first-order valence-corrected chi connectivity index (χ1v) is 7.07. The topological polar surface area (TPSA) is 99.2 Å². The first-order valence-electron chi connectivity index (χ1n) is 7.07. The molecule has 2 atom stereocenters. The third kappa shape index (κ3) is 2.47. The van der Waals surface area contributed by atoms with E-state index in [9.17, 15) is 4.79 Å². The number of carbonyl (C=O) groups is 1. The van der Waals surface area contributed by atoms with Gasteiger partial charge in [0.2, 0.25) is 11.9 Å². The number of aromatic nitrogens is 4. The molecule has 110 valence electrons. The zero-order chi connectivity index (χ0) is 14.1. The molecule has 2 N–H and O–H groups in total. The smallest absolute Gasteiger partial charge is 0.246 e. The Labute approximate surface area is 117 Å². The lowest BCUT2D eigenvalue weighted by molar-refractivity contribution is -0.130. The molecule has 0 aromatic carbocycles. The molecule has 2 aliphatic heterocycles. The van der Waals surface area contributed by atoms with E-state index in [1.807, 2.05) is 7.05 Å². The van der Waals surface area contributed by atoms with Crippen LogP contribution in [0.1, 0.15) is 25.7 Å². The van der Waals surface area contributed by atoms with Gasteiger partial charge in [-0.2, -0.15) is 0 Å². The van der Waals surface area contributed by atoms with Gasteiger partial charge in [-0.3, -0.25) is 4.79 Å². The first-order chi connectivity index (χ1) is 9.65. The number of carbonyl (C=O) groups excluding carboxylic acids is 1. The Morgan fingerprint density at radius 3 is 2.60 bits per heavy atom. The molecule has 1 aromatic rings. The van der Waals surface area contributed by atoms with Crippen LogP contribution in [0, 0.1) is 5.92 Å². The highest BCUT2D eigenvalue weighted by molar-refractivity contribution is 5.79. The fraction of sp³-hybridized carbons (Fsp3) is 0.833. The van der Waals surface area contributed by atoms with E-state index in [1.165, 1.54) is 0 Å². The zero-order valence-corrected chi connectivity index (χ0v) is 11.6. The van der Waals surface area contributed by atoms with Crippen molar-refractivity contribution in [2.75, 3.05) is 18.0 Å². The molecule has 0 spiro atoms. The molecular weight excluding hydrogens is 260 g/mol. The number of nitrogens with two attached hydrogens (primary N) is 1. The van der Waals surface area contributed by atoms with Crippen molar-refractivity contribution in [2.24, 2.45) is 18.7 Å². The van der Waals surface area contributed by atoms with Crippen molar-refractivity contribution >= 4 is 11.9 Å². The summed E-state index contributed by atoms with van der Waals surface area (Å²) in [6, 6.07) is 0. The van der Waals surface area contributed by atoms with E-state index in [1.54, 1.807) is 4.68 Å². The molecule has 2 saturated heterocycles.